The summed E-state index contributed by atoms with van der Waals surface area (Å²) in [5, 5.41) is 3.36. The zero-order valence-corrected chi connectivity index (χ0v) is 18.2. The second kappa shape index (κ2) is 9.76. The Hall–Kier alpha value is -2.57. The third-order valence-electron chi connectivity index (χ3n) is 3.99. The molecule has 1 amide bonds. The predicted molar refractivity (Wildman–Crippen MR) is 121 cm³/mol. The molecule has 29 heavy (non-hydrogen) atoms. The van der Waals surface area contributed by atoms with E-state index in [0.717, 1.165) is 15.3 Å². The van der Waals surface area contributed by atoms with Crippen LogP contribution in [0.5, 0.6) is 0 Å². The van der Waals surface area contributed by atoms with Crippen molar-refractivity contribution in [3.8, 4) is 10.4 Å². The highest BCUT2D eigenvalue weighted by Gasteiger charge is 2.20. The highest BCUT2D eigenvalue weighted by Crippen LogP contribution is 2.35. The highest BCUT2D eigenvalue weighted by atomic mass is 32.2. The van der Waals surface area contributed by atoms with E-state index in [0.29, 0.717) is 21.4 Å². The lowest BCUT2D eigenvalue weighted by atomic mass is 10.2. The second-order valence-electron chi connectivity index (χ2n) is 6.59. The number of carbonyl (C=O) groups excluding carboxylic acids is 2. The van der Waals surface area contributed by atoms with Crippen molar-refractivity contribution < 1.29 is 14.3 Å². The number of hydrogen-bond donors (Lipinski definition) is 1. The molecule has 150 valence electrons. The largest absolute Gasteiger partial charge is 0.462 e. The molecule has 4 nitrogen and oxygen atoms in total. The van der Waals surface area contributed by atoms with Gasteiger partial charge in [0.15, 0.2) is 0 Å². The Morgan fingerprint density at radius 2 is 1.76 bits per heavy atom. The van der Waals surface area contributed by atoms with Crippen LogP contribution in [-0.4, -0.2) is 23.7 Å². The van der Waals surface area contributed by atoms with Crippen LogP contribution in [0, 0.1) is 0 Å². The van der Waals surface area contributed by atoms with Crippen LogP contribution in [0.25, 0.3) is 10.4 Å². The van der Waals surface area contributed by atoms with Crippen LogP contribution in [0.3, 0.4) is 0 Å². The molecule has 0 aliphatic rings. The van der Waals surface area contributed by atoms with Gasteiger partial charge in [-0.3, -0.25) is 4.79 Å². The van der Waals surface area contributed by atoms with Crippen molar-refractivity contribution in [2.75, 3.05) is 11.9 Å². The number of anilines is 1. The zero-order valence-electron chi connectivity index (χ0n) is 16.6. The van der Waals surface area contributed by atoms with Gasteiger partial charge in [-0.15, -0.1) is 23.1 Å². The number of ether oxygens (including phenoxy) is 1. The van der Waals surface area contributed by atoms with Gasteiger partial charge in [0.2, 0.25) is 0 Å². The fourth-order valence-corrected chi connectivity index (χ4v) is 4.58. The van der Waals surface area contributed by atoms with Gasteiger partial charge in [0.05, 0.1) is 12.3 Å². The zero-order chi connectivity index (χ0) is 20.8. The number of carbonyl (C=O) groups is 2. The summed E-state index contributed by atoms with van der Waals surface area (Å²) in [7, 11) is 0. The lowest BCUT2D eigenvalue weighted by molar-refractivity contribution is 0.0533. The van der Waals surface area contributed by atoms with Crippen LogP contribution >= 0.6 is 23.1 Å². The Morgan fingerprint density at radius 1 is 1.07 bits per heavy atom. The molecule has 0 saturated carbocycles. The molecule has 1 heterocycles. The summed E-state index contributed by atoms with van der Waals surface area (Å²) in [6.45, 7) is 6.30. The van der Waals surface area contributed by atoms with Crippen molar-refractivity contribution >= 4 is 40.7 Å². The van der Waals surface area contributed by atoms with Gasteiger partial charge in [-0.05, 0) is 42.8 Å². The van der Waals surface area contributed by atoms with Crippen LogP contribution < -0.4 is 5.32 Å². The Morgan fingerprint density at radius 3 is 2.38 bits per heavy atom. The van der Waals surface area contributed by atoms with Crippen LogP contribution in [0.4, 0.5) is 5.69 Å². The second-order valence-corrected chi connectivity index (χ2v) is 9.29. The Kier molecular flexibility index (Phi) is 7.12. The number of nitrogens with one attached hydrogen (secondary N) is 1. The summed E-state index contributed by atoms with van der Waals surface area (Å²) in [5.74, 6) is -0.687. The van der Waals surface area contributed by atoms with Gasteiger partial charge in [-0.2, -0.15) is 0 Å². The first-order chi connectivity index (χ1) is 14.0. The van der Waals surface area contributed by atoms with Crippen molar-refractivity contribution in [3.05, 3.63) is 71.1 Å². The summed E-state index contributed by atoms with van der Waals surface area (Å²) in [6.07, 6.45) is 0. The van der Waals surface area contributed by atoms with Gasteiger partial charge in [-0.25, -0.2) is 4.79 Å². The molecular formula is C23H23NO3S2. The third-order valence-corrected chi connectivity index (χ3v) is 6.17. The van der Waals surface area contributed by atoms with Crippen molar-refractivity contribution in [3.63, 3.8) is 0 Å². The average Bonchev–Trinajstić information content (AvgIpc) is 3.13. The number of thiophene rings is 1. The van der Waals surface area contributed by atoms with E-state index in [-0.39, 0.29) is 12.5 Å². The molecule has 0 spiro atoms. The minimum atomic E-state index is -0.432. The third kappa shape index (κ3) is 5.49. The molecule has 3 aromatic rings. The molecule has 0 unspecified atom stereocenters. The molecule has 1 aromatic heterocycles. The number of thioether (sulfide) groups is 1. The van der Waals surface area contributed by atoms with Gasteiger partial charge >= 0.3 is 5.97 Å². The lowest BCUT2D eigenvalue weighted by Gasteiger charge is -2.08. The monoisotopic (exact) mass is 425 g/mol. The molecule has 0 bridgehead atoms. The maximum absolute atomic E-state index is 12.8. The van der Waals surface area contributed by atoms with Crippen molar-refractivity contribution in [2.24, 2.45) is 0 Å². The van der Waals surface area contributed by atoms with Crippen LogP contribution in [0.15, 0.2) is 65.6 Å². The number of amides is 1. The quantitative estimate of drug-likeness (QED) is 0.354. The van der Waals surface area contributed by atoms with E-state index in [2.05, 4.69) is 19.2 Å². The van der Waals surface area contributed by atoms with Crippen molar-refractivity contribution in [2.45, 2.75) is 30.9 Å². The number of benzene rings is 2. The smallest absolute Gasteiger partial charge is 0.350 e. The molecule has 1 N–H and O–H groups in total. The van der Waals surface area contributed by atoms with E-state index in [1.807, 2.05) is 48.5 Å². The molecule has 6 heteroatoms. The van der Waals surface area contributed by atoms with Crippen molar-refractivity contribution in [1.29, 1.82) is 0 Å². The molecule has 0 fully saturated rings. The first kappa shape index (κ1) is 21.1. The van der Waals surface area contributed by atoms with E-state index in [1.54, 1.807) is 30.8 Å². The summed E-state index contributed by atoms with van der Waals surface area (Å²) < 4.78 is 5.18. The van der Waals surface area contributed by atoms with E-state index < -0.39 is 5.97 Å². The minimum absolute atomic E-state index is 0.256. The summed E-state index contributed by atoms with van der Waals surface area (Å²) in [6, 6.07) is 19.1. The highest BCUT2D eigenvalue weighted by molar-refractivity contribution is 7.99. The maximum Gasteiger partial charge on any atom is 0.350 e. The molecule has 0 aliphatic carbocycles. The molecule has 0 aliphatic heterocycles. The van der Waals surface area contributed by atoms with Gasteiger partial charge < -0.3 is 10.1 Å². The number of esters is 1. The number of rotatable bonds is 7. The SMILES string of the molecule is CCOC(=O)c1sc(-c2ccccc2)cc1NC(=O)c1ccc(SC(C)C)cc1. The summed E-state index contributed by atoms with van der Waals surface area (Å²) in [5.41, 5.74) is 2.00. The Labute approximate surface area is 179 Å². The van der Waals surface area contributed by atoms with Gasteiger partial charge in [-0.1, -0.05) is 44.2 Å². The molecule has 0 radical (unpaired) electrons. The van der Waals surface area contributed by atoms with E-state index in [9.17, 15) is 9.59 Å². The fraction of sp³-hybridized carbons (Fsp3) is 0.217. The molecule has 0 atom stereocenters. The predicted octanol–water partition coefficient (Wildman–Crippen LogP) is 6.34. The lowest BCUT2D eigenvalue weighted by Crippen LogP contribution is -2.14. The summed E-state index contributed by atoms with van der Waals surface area (Å²) >= 11 is 3.06. The van der Waals surface area contributed by atoms with Gasteiger partial charge in [0.25, 0.3) is 5.91 Å². The van der Waals surface area contributed by atoms with Gasteiger partial charge in [0, 0.05) is 20.6 Å². The molecule has 0 saturated heterocycles. The standard InChI is InChI=1S/C23H23NO3S2/c1-4-27-23(26)21-19(14-20(29-21)16-8-6-5-7-9-16)24-22(25)17-10-12-18(13-11-17)28-15(2)3/h5-15H,4H2,1-3H3,(H,24,25). The minimum Gasteiger partial charge on any atom is -0.462 e. The summed E-state index contributed by atoms with van der Waals surface area (Å²) in [4.78, 5) is 27.6. The van der Waals surface area contributed by atoms with Gasteiger partial charge in [0.1, 0.15) is 4.88 Å². The normalized spacial score (nSPS) is 10.8. The Bertz CT molecular complexity index is 979. The van der Waals surface area contributed by atoms with Crippen LogP contribution in [0.2, 0.25) is 0 Å². The fourth-order valence-electron chi connectivity index (χ4n) is 2.73. The van der Waals surface area contributed by atoms with E-state index in [4.69, 9.17) is 4.74 Å². The first-order valence-corrected chi connectivity index (χ1v) is 11.1. The molecule has 2 aromatic carbocycles. The van der Waals surface area contributed by atoms with E-state index >= 15 is 0 Å². The average molecular weight is 426 g/mol. The van der Waals surface area contributed by atoms with E-state index in [1.165, 1.54) is 11.3 Å². The number of hydrogen-bond acceptors (Lipinski definition) is 5. The maximum atomic E-state index is 12.8. The van der Waals surface area contributed by atoms with Crippen LogP contribution in [-0.2, 0) is 4.74 Å². The topological polar surface area (TPSA) is 55.4 Å². The van der Waals surface area contributed by atoms with Crippen LogP contribution in [0.1, 0.15) is 40.8 Å². The Balaban J connectivity index is 1.85. The van der Waals surface area contributed by atoms with Crippen molar-refractivity contribution in [1.82, 2.24) is 0 Å². The molecular weight excluding hydrogens is 402 g/mol. The first-order valence-electron chi connectivity index (χ1n) is 9.42. The molecule has 3 rings (SSSR count).